The van der Waals surface area contributed by atoms with Gasteiger partial charge in [0.05, 0.1) is 26.4 Å². The van der Waals surface area contributed by atoms with Crippen LogP contribution in [0, 0.1) is 0 Å². The number of benzene rings is 2. The zero-order valence-electron chi connectivity index (χ0n) is 14.8. The van der Waals surface area contributed by atoms with Crippen LogP contribution in [-0.2, 0) is 0 Å². The van der Waals surface area contributed by atoms with Gasteiger partial charge in [0, 0.05) is 16.9 Å². The van der Waals surface area contributed by atoms with E-state index in [0.29, 0.717) is 34.3 Å². The van der Waals surface area contributed by atoms with Crippen LogP contribution in [0.1, 0.15) is 11.1 Å². The van der Waals surface area contributed by atoms with E-state index < -0.39 is 0 Å². The van der Waals surface area contributed by atoms with Gasteiger partial charge in [-0.3, -0.25) is 4.99 Å². The highest BCUT2D eigenvalue weighted by atomic mass is 32.2. The maximum Gasteiger partial charge on any atom is 0.203 e. The Kier molecular flexibility index (Phi) is 5.68. The molecular formula is C19H20N2O4S. The highest BCUT2D eigenvalue weighted by Crippen LogP contribution is 2.39. The molecule has 136 valence electrons. The molecule has 1 unspecified atom stereocenters. The van der Waals surface area contributed by atoms with Gasteiger partial charge >= 0.3 is 0 Å². The van der Waals surface area contributed by atoms with Crippen molar-refractivity contribution in [2.75, 3.05) is 27.1 Å². The van der Waals surface area contributed by atoms with Crippen LogP contribution in [0.3, 0.4) is 0 Å². The van der Waals surface area contributed by atoms with Crippen LogP contribution in [0.4, 0.5) is 0 Å². The maximum absolute atomic E-state index is 9.65. The number of hydrogen-bond donors (Lipinski definition) is 1. The van der Waals surface area contributed by atoms with Crippen molar-refractivity contribution in [2.45, 2.75) is 6.04 Å². The standard InChI is InChI=1S/C19H20N2O4S/c1-23-15-9-13(10-16(24-2)18(15)25-3)17(21-22)14-11-26-19(20-14)12-7-5-4-6-8-12/h4-10,14,22H,11H2,1-3H3. The van der Waals surface area contributed by atoms with Crippen molar-refractivity contribution >= 4 is 22.5 Å². The summed E-state index contributed by atoms with van der Waals surface area (Å²) >= 11 is 1.64. The van der Waals surface area contributed by atoms with Crippen molar-refractivity contribution in [3.63, 3.8) is 0 Å². The molecule has 6 nitrogen and oxygen atoms in total. The second-order valence-corrected chi connectivity index (χ2v) is 6.54. The minimum absolute atomic E-state index is 0.261. The largest absolute Gasteiger partial charge is 0.493 e. The number of nitrogens with zero attached hydrogens (tertiary/aromatic N) is 2. The zero-order chi connectivity index (χ0) is 18.5. The average molecular weight is 372 g/mol. The Balaban J connectivity index is 1.96. The van der Waals surface area contributed by atoms with E-state index in [1.165, 1.54) is 0 Å². The van der Waals surface area contributed by atoms with Crippen LogP contribution < -0.4 is 14.2 Å². The summed E-state index contributed by atoms with van der Waals surface area (Å²) in [6, 6.07) is 13.2. The first-order chi connectivity index (χ1) is 12.7. The molecule has 1 heterocycles. The van der Waals surface area contributed by atoms with Crippen LogP contribution in [0.5, 0.6) is 17.2 Å². The molecule has 3 rings (SSSR count). The zero-order valence-corrected chi connectivity index (χ0v) is 15.6. The van der Waals surface area contributed by atoms with E-state index in [-0.39, 0.29) is 6.04 Å². The van der Waals surface area contributed by atoms with Crippen molar-refractivity contribution < 1.29 is 19.4 Å². The van der Waals surface area contributed by atoms with Gasteiger partial charge in [-0.2, -0.15) is 0 Å². The second kappa shape index (κ2) is 8.14. The molecule has 0 radical (unpaired) electrons. The first-order valence-corrected chi connectivity index (χ1v) is 8.98. The molecule has 1 aliphatic heterocycles. The topological polar surface area (TPSA) is 72.6 Å². The fraction of sp³-hybridized carbons (Fsp3) is 0.263. The molecule has 0 spiro atoms. The van der Waals surface area contributed by atoms with Gasteiger partial charge in [0.1, 0.15) is 11.8 Å². The normalized spacial score (nSPS) is 17.0. The summed E-state index contributed by atoms with van der Waals surface area (Å²) in [7, 11) is 4.65. The molecule has 7 heteroatoms. The van der Waals surface area contributed by atoms with E-state index in [0.717, 1.165) is 10.6 Å². The molecule has 0 saturated heterocycles. The summed E-state index contributed by atoms with van der Waals surface area (Å²) in [6.07, 6.45) is 0. The molecule has 2 aromatic rings. The molecule has 0 saturated carbocycles. The van der Waals surface area contributed by atoms with E-state index in [1.807, 2.05) is 30.3 Å². The lowest BCUT2D eigenvalue weighted by atomic mass is 10.0. The summed E-state index contributed by atoms with van der Waals surface area (Å²) in [6.45, 7) is 0. The Morgan fingerprint density at radius 2 is 1.73 bits per heavy atom. The first kappa shape index (κ1) is 18.1. The quantitative estimate of drug-likeness (QED) is 0.478. The molecule has 1 aliphatic rings. The minimum atomic E-state index is -0.261. The Labute approximate surface area is 156 Å². The summed E-state index contributed by atoms with van der Waals surface area (Å²) in [4.78, 5) is 4.74. The van der Waals surface area contributed by atoms with Gasteiger partial charge < -0.3 is 19.4 Å². The lowest BCUT2D eigenvalue weighted by Crippen LogP contribution is -2.20. The van der Waals surface area contributed by atoms with Crippen molar-refractivity contribution in [1.29, 1.82) is 0 Å². The summed E-state index contributed by atoms with van der Waals surface area (Å²) in [5.41, 5.74) is 2.19. The third-order valence-electron chi connectivity index (χ3n) is 4.06. The van der Waals surface area contributed by atoms with Crippen LogP contribution in [0.25, 0.3) is 0 Å². The van der Waals surface area contributed by atoms with Crippen LogP contribution >= 0.6 is 11.8 Å². The SMILES string of the molecule is COc1cc(C(=NO)C2CSC(c3ccccc3)=N2)cc(OC)c1OC. The highest BCUT2D eigenvalue weighted by molar-refractivity contribution is 8.14. The first-order valence-electron chi connectivity index (χ1n) is 8.00. The van der Waals surface area contributed by atoms with Gasteiger partial charge in [-0.05, 0) is 12.1 Å². The number of oxime groups is 1. The van der Waals surface area contributed by atoms with Crippen molar-refractivity contribution in [3.05, 3.63) is 53.6 Å². The number of thioether (sulfide) groups is 1. The predicted molar refractivity (Wildman–Crippen MR) is 104 cm³/mol. The second-order valence-electron chi connectivity index (χ2n) is 5.53. The molecule has 2 aromatic carbocycles. The number of methoxy groups -OCH3 is 3. The summed E-state index contributed by atoms with van der Waals surface area (Å²) < 4.78 is 16.1. The Bertz CT molecular complexity index is 812. The lowest BCUT2D eigenvalue weighted by Gasteiger charge is -2.16. The average Bonchev–Trinajstić information content (AvgIpc) is 3.18. The van der Waals surface area contributed by atoms with Gasteiger partial charge in [-0.25, -0.2) is 0 Å². The van der Waals surface area contributed by atoms with E-state index >= 15 is 0 Å². The highest BCUT2D eigenvalue weighted by Gasteiger charge is 2.27. The number of aliphatic imine (C=N–C) groups is 1. The molecular weight excluding hydrogens is 352 g/mol. The molecule has 0 aliphatic carbocycles. The lowest BCUT2D eigenvalue weighted by molar-refractivity contribution is 0.316. The fourth-order valence-corrected chi connectivity index (χ4v) is 3.85. The van der Waals surface area contributed by atoms with E-state index in [4.69, 9.17) is 19.2 Å². The van der Waals surface area contributed by atoms with Crippen molar-refractivity contribution in [2.24, 2.45) is 10.1 Å². The molecule has 0 bridgehead atoms. The third-order valence-corrected chi connectivity index (χ3v) is 5.15. The van der Waals surface area contributed by atoms with E-state index in [1.54, 1.807) is 45.2 Å². The van der Waals surface area contributed by atoms with E-state index in [9.17, 15) is 5.21 Å². The smallest absolute Gasteiger partial charge is 0.203 e. The molecule has 0 fully saturated rings. The van der Waals surface area contributed by atoms with Gasteiger partial charge in [0.2, 0.25) is 5.75 Å². The Morgan fingerprint density at radius 1 is 1.08 bits per heavy atom. The predicted octanol–water partition coefficient (Wildman–Crippen LogP) is 3.45. The summed E-state index contributed by atoms with van der Waals surface area (Å²) in [5.74, 6) is 2.19. The molecule has 26 heavy (non-hydrogen) atoms. The van der Waals surface area contributed by atoms with Gasteiger partial charge in [-0.15, -0.1) is 11.8 Å². The maximum atomic E-state index is 9.65. The monoisotopic (exact) mass is 372 g/mol. The molecule has 0 aromatic heterocycles. The Morgan fingerprint density at radius 3 is 2.27 bits per heavy atom. The van der Waals surface area contributed by atoms with Crippen LogP contribution in [-0.4, -0.2) is 49.1 Å². The molecule has 1 atom stereocenters. The van der Waals surface area contributed by atoms with Gasteiger partial charge in [-0.1, -0.05) is 35.5 Å². The van der Waals surface area contributed by atoms with E-state index in [2.05, 4.69) is 5.16 Å². The van der Waals surface area contributed by atoms with Gasteiger partial charge in [0.15, 0.2) is 11.5 Å². The van der Waals surface area contributed by atoms with Crippen LogP contribution in [0.2, 0.25) is 0 Å². The Hall–Kier alpha value is -2.67. The molecule has 0 amide bonds. The van der Waals surface area contributed by atoms with Crippen LogP contribution in [0.15, 0.2) is 52.6 Å². The number of ether oxygens (including phenoxy) is 3. The fourth-order valence-electron chi connectivity index (χ4n) is 2.80. The minimum Gasteiger partial charge on any atom is -0.493 e. The van der Waals surface area contributed by atoms with Gasteiger partial charge in [0.25, 0.3) is 0 Å². The third kappa shape index (κ3) is 3.48. The van der Waals surface area contributed by atoms with Crippen molar-refractivity contribution in [1.82, 2.24) is 0 Å². The molecule has 1 N–H and O–H groups in total. The van der Waals surface area contributed by atoms with Crippen molar-refractivity contribution in [3.8, 4) is 17.2 Å². The number of rotatable bonds is 6. The summed E-state index contributed by atoms with van der Waals surface area (Å²) in [5, 5.41) is 14.1. The number of hydrogen-bond acceptors (Lipinski definition) is 7.